The normalized spacial score (nSPS) is 11.7. The quantitative estimate of drug-likeness (QED) is 0.531. The Hall–Kier alpha value is -1.04. The van der Waals surface area contributed by atoms with Crippen molar-refractivity contribution in [2.24, 2.45) is 0 Å². The minimum Gasteiger partial charge on any atom is -0.480 e. The molecule has 0 bridgehead atoms. The molecule has 15 heavy (non-hydrogen) atoms. The summed E-state index contributed by atoms with van der Waals surface area (Å²) in [6.07, 6.45) is -1.71. The van der Waals surface area contributed by atoms with Crippen molar-refractivity contribution in [3.63, 3.8) is 0 Å². The Morgan fingerprint density at radius 1 is 1.47 bits per heavy atom. The molecule has 0 spiro atoms. The van der Waals surface area contributed by atoms with Crippen LogP contribution in [0.4, 0.5) is 13.2 Å². The number of halogens is 3. The number of allylic oxidation sites excluding steroid dienone is 1. The second kappa shape index (κ2) is 6.44. The van der Waals surface area contributed by atoms with Gasteiger partial charge in [0.1, 0.15) is 0 Å². The number of carboxylic acid groups (broad SMARTS) is 1. The van der Waals surface area contributed by atoms with Gasteiger partial charge in [0.25, 0.3) is 0 Å². The number of carboxylic acids is 1. The molecular formula is C9H14F3NO2. The Morgan fingerprint density at radius 2 is 2.07 bits per heavy atom. The maximum absolute atomic E-state index is 12.0. The molecule has 0 fully saturated rings. The molecular weight excluding hydrogens is 211 g/mol. The lowest BCUT2D eigenvalue weighted by Crippen LogP contribution is -2.38. The van der Waals surface area contributed by atoms with Crippen LogP contribution in [0.3, 0.4) is 0 Å². The molecule has 0 radical (unpaired) electrons. The van der Waals surface area contributed by atoms with Gasteiger partial charge < -0.3 is 5.11 Å². The van der Waals surface area contributed by atoms with E-state index in [1.165, 1.54) is 0 Å². The standard InChI is InChI=1S/C9H14F3NO2/c1-2-3-4-5-13(6-8(14)15)7-9(10,11)12/h2H,1,3-7H2,(H,14,15). The molecule has 0 aliphatic rings. The number of hydrogen-bond acceptors (Lipinski definition) is 2. The number of aliphatic carboxylic acids is 1. The highest BCUT2D eigenvalue weighted by molar-refractivity contribution is 5.69. The molecule has 0 aromatic rings. The van der Waals surface area contributed by atoms with E-state index in [1.54, 1.807) is 6.08 Å². The third-order valence-electron chi connectivity index (χ3n) is 1.64. The van der Waals surface area contributed by atoms with Gasteiger partial charge in [0.05, 0.1) is 13.1 Å². The van der Waals surface area contributed by atoms with Crippen molar-refractivity contribution in [2.75, 3.05) is 19.6 Å². The van der Waals surface area contributed by atoms with Crippen LogP contribution in [0.5, 0.6) is 0 Å². The second-order valence-corrected chi connectivity index (χ2v) is 3.15. The summed E-state index contributed by atoms with van der Waals surface area (Å²) < 4.78 is 36.0. The summed E-state index contributed by atoms with van der Waals surface area (Å²) in [7, 11) is 0. The molecule has 0 aromatic heterocycles. The number of carbonyl (C=O) groups is 1. The third-order valence-corrected chi connectivity index (χ3v) is 1.64. The van der Waals surface area contributed by atoms with E-state index in [1.807, 2.05) is 0 Å². The molecule has 0 amide bonds. The number of alkyl halides is 3. The molecule has 3 nitrogen and oxygen atoms in total. The molecule has 0 atom stereocenters. The van der Waals surface area contributed by atoms with Crippen molar-refractivity contribution in [1.29, 1.82) is 0 Å². The van der Waals surface area contributed by atoms with Crippen molar-refractivity contribution >= 4 is 5.97 Å². The summed E-state index contributed by atoms with van der Waals surface area (Å²) in [5, 5.41) is 8.41. The molecule has 0 aromatic carbocycles. The van der Waals surface area contributed by atoms with Crippen LogP contribution in [0.1, 0.15) is 12.8 Å². The lowest BCUT2D eigenvalue weighted by atomic mass is 10.3. The Bertz CT molecular complexity index is 216. The van der Waals surface area contributed by atoms with Crippen molar-refractivity contribution in [3.8, 4) is 0 Å². The van der Waals surface area contributed by atoms with E-state index in [4.69, 9.17) is 5.11 Å². The Kier molecular flexibility index (Phi) is 6.00. The molecule has 0 heterocycles. The minimum absolute atomic E-state index is 0.109. The molecule has 6 heteroatoms. The first-order chi connectivity index (χ1) is 6.85. The van der Waals surface area contributed by atoms with E-state index in [9.17, 15) is 18.0 Å². The van der Waals surface area contributed by atoms with Crippen LogP contribution in [-0.2, 0) is 4.79 Å². The van der Waals surface area contributed by atoms with Gasteiger partial charge in [0.15, 0.2) is 0 Å². The summed E-state index contributed by atoms with van der Waals surface area (Å²) in [5.41, 5.74) is 0. The van der Waals surface area contributed by atoms with Gasteiger partial charge in [-0.15, -0.1) is 6.58 Å². The molecule has 0 aliphatic heterocycles. The second-order valence-electron chi connectivity index (χ2n) is 3.15. The predicted octanol–water partition coefficient (Wildman–Crippen LogP) is 1.90. The maximum atomic E-state index is 12.0. The van der Waals surface area contributed by atoms with Gasteiger partial charge in [-0.2, -0.15) is 13.2 Å². The Labute approximate surface area is 86.2 Å². The van der Waals surface area contributed by atoms with E-state index in [2.05, 4.69) is 6.58 Å². The van der Waals surface area contributed by atoms with Crippen molar-refractivity contribution < 1.29 is 23.1 Å². The monoisotopic (exact) mass is 225 g/mol. The van der Waals surface area contributed by atoms with Gasteiger partial charge in [-0.1, -0.05) is 6.08 Å². The zero-order valence-electron chi connectivity index (χ0n) is 8.26. The summed E-state index contributed by atoms with van der Waals surface area (Å²) in [5.74, 6) is -1.25. The zero-order valence-corrected chi connectivity index (χ0v) is 8.26. The summed E-state index contributed by atoms with van der Waals surface area (Å²) in [6.45, 7) is 1.77. The SMILES string of the molecule is C=CCCCN(CC(=O)O)CC(F)(F)F. The van der Waals surface area contributed by atoms with Gasteiger partial charge >= 0.3 is 12.1 Å². The summed E-state index contributed by atoms with van der Waals surface area (Å²) in [6, 6.07) is 0. The Balaban J connectivity index is 4.06. The van der Waals surface area contributed by atoms with Crippen LogP contribution in [0, 0.1) is 0 Å². The minimum atomic E-state index is -4.36. The van der Waals surface area contributed by atoms with Crippen molar-refractivity contribution in [1.82, 2.24) is 4.90 Å². The average molecular weight is 225 g/mol. The van der Waals surface area contributed by atoms with E-state index in [0.29, 0.717) is 12.8 Å². The smallest absolute Gasteiger partial charge is 0.401 e. The lowest BCUT2D eigenvalue weighted by molar-refractivity contribution is -0.153. The lowest BCUT2D eigenvalue weighted by Gasteiger charge is -2.21. The summed E-state index contributed by atoms with van der Waals surface area (Å²) in [4.78, 5) is 11.2. The van der Waals surface area contributed by atoms with E-state index in [0.717, 1.165) is 4.90 Å². The Morgan fingerprint density at radius 3 is 2.47 bits per heavy atom. The molecule has 0 saturated carbocycles. The van der Waals surface area contributed by atoms with Crippen LogP contribution < -0.4 is 0 Å². The highest BCUT2D eigenvalue weighted by atomic mass is 19.4. The summed E-state index contributed by atoms with van der Waals surface area (Å²) >= 11 is 0. The molecule has 88 valence electrons. The predicted molar refractivity (Wildman–Crippen MR) is 49.6 cm³/mol. The van der Waals surface area contributed by atoms with Crippen LogP contribution in [-0.4, -0.2) is 41.8 Å². The van der Waals surface area contributed by atoms with Gasteiger partial charge in [0, 0.05) is 0 Å². The van der Waals surface area contributed by atoms with Crippen molar-refractivity contribution in [3.05, 3.63) is 12.7 Å². The van der Waals surface area contributed by atoms with Crippen molar-refractivity contribution in [2.45, 2.75) is 19.0 Å². The fourth-order valence-electron chi connectivity index (χ4n) is 1.12. The molecule has 0 rings (SSSR count). The zero-order chi connectivity index (χ0) is 11.9. The van der Waals surface area contributed by atoms with Crippen LogP contribution in [0.15, 0.2) is 12.7 Å². The van der Waals surface area contributed by atoms with Crippen LogP contribution >= 0.6 is 0 Å². The third kappa shape index (κ3) is 9.27. The number of rotatable bonds is 7. The van der Waals surface area contributed by atoms with E-state index >= 15 is 0 Å². The average Bonchev–Trinajstić information content (AvgIpc) is 2.00. The first kappa shape index (κ1) is 14.0. The van der Waals surface area contributed by atoms with Gasteiger partial charge in [-0.25, -0.2) is 0 Å². The van der Waals surface area contributed by atoms with Gasteiger partial charge in [-0.3, -0.25) is 9.69 Å². The van der Waals surface area contributed by atoms with Gasteiger partial charge in [-0.05, 0) is 19.4 Å². The number of unbranched alkanes of at least 4 members (excludes halogenated alkanes) is 1. The molecule has 1 N–H and O–H groups in total. The topological polar surface area (TPSA) is 40.5 Å². The fourth-order valence-corrected chi connectivity index (χ4v) is 1.12. The number of hydrogen-bond donors (Lipinski definition) is 1. The highest BCUT2D eigenvalue weighted by Gasteiger charge is 2.31. The highest BCUT2D eigenvalue weighted by Crippen LogP contribution is 2.16. The first-order valence-corrected chi connectivity index (χ1v) is 4.47. The largest absolute Gasteiger partial charge is 0.480 e. The van der Waals surface area contributed by atoms with E-state index in [-0.39, 0.29) is 6.54 Å². The van der Waals surface area contributed by atoms with Crippen LogP contribution in [0.2, 0.25) is 0 Å². The van der Waals surface area contributed by atoms with Crippen LogP contribution in [0.25, 0.3) is 0 Å². The van der Waals surface area contributed by atoms with Gasteiger partial charge in [0.2, 0.25) is 0 Å². The fraction of sp³-hybridized carbons (Fsp3) is 0.667. The van der Waals surface area contributed by atoms with E-state index < -0.39 is 25.2 Å². The number of nitrogens with zero attached hydrogens (tertiary/aromatic N) is 1. The molecule has 0 unspecified atom stereocenters. The first-order valence-electron chi connectivity index (χ1n) is 4.47. The maximum Gasteiger partial charge on any atom is 0.401 e. The molecule has 0 saturated heterocycles. The molecule has 0 aliphatic carbocycles.